The Kier molecular flexibility index (Phi) is 4.34. The quantitative estimate of drug-likeness (QED) is 0.821. The Balaban J connectivity index is 2.09. The molecule has 0 radical (unpaired) electrons. The summed E-state index contributed by atoms with van der Waals surface area (Å²) < 4.78 is 10.8. The fourth-order valence-corrected chi connectivity index (χ4v) is 1.51. The van der Waals surface area contributed by atoms with E-state index in [9.17, 15) is 0 Å². The van der Waals surface area contributed by atoms with Crippen molar-refractivity contribution in [2.45, 2.75) is 27.3 Å². The number of nitrogens with zero attached hydrogens (tertiary/aromatic N) is 4. The maximum atomic E-state index is 5.48. The van der Waals surface area contributed by atoms with Crippen LogP contribution in [-0.2, 0) is 6.54 Å². The standard InChI is InChI=1S/C12H18N6O2/c1-5-19-12-17-10(13-4)16-11(18-12)14-6-9-15-7(2)8(3)20-9/h5-6H2,1-4H3,(H2,13,14,16,17,18). The molecule has 8 heteroatoms. The Morgan fingerprint density at radius 3 is 2.45 bits per heavy atom. The summed E-state index contributed by atoms with van der Waals surface area (Å²) in [5, 5.41) is 5.89. The first-order chi connectivity index (χ1) is 9.62. The zero-order chi connectivity index (χ0) is 14.5. The molecule has 0 aliphatic rings. The van der Waals surface area contributed by atoms with Gasteiger partial charge < -0.3 is 19.8 Å². The summed E-state index contributed by atoms with van der Waals surface area (Å²) in [7, 11) is 1.73. The fourth-order valence-electron chi connectivity index (χ4n) is 1.51. The van der Waals surface area contributed by atoms with Gasteiger partial charge in [0.05, 0.1) is 18.8 Å². The number of hydrogen-bond acceptors (Lipinski definition) is 8. The van der Waals surface area contributed by atoms with Gasteiger partial charge in [-0.05, 0) is 20.8 Å². The highest BCUT2D eigenvalue weighted by Crippen LogP contribution is 2.13. The van der Waals surface area contributed by atoms with Crippen molar-refractivity contribution in [3.8, 4) is 6.01 Å². The van der Waals surface area contributed by atoms with Gasteiger partial charge >= 0.3 is 6.01 Å². The molecule has 0 aliphatic heterocycles. The summed E-state index contributed by atoms with van der Waals surface area (Å²) in [6.07, 6.45) is 0. The molecule has 0 aromatic carbocycles. The van der Waals surface area contributed by atoms with Crippen LogP contribution in [-0.4, -0.2) is 33.6 Å². The van der Waals surface area contributed by atoms with Crippen LogP contribution in [0.2, 0.25) is 0 Å². The topological polar surface area (TPSA) is 98.0 Å². The predicted octanol–water partition coefficient (Wildman–Crippen LogP) is 1.53. The number of anilines is 2. The Morgan fingerprint density at radius 2 is 1.85 bits per heavy atom. The number of aromatic nitrogens is 4. The van der Waals surface area contributed by atoms with E-state index in [2.05, 4.69) is 30.6 Å². The summed E-state index contributed by atoms with van der Waals surface area (Å²) in [5.41, 5.74) is 0.878. The number of aryl methyl sites for hydroxylation is 2. The van der Waals surface area contributed by atoms with Crippen LogP contribution in [0.3, 0.4) is 0 Å². The minimum absolute atomic E-state index is 0.272. The van der Waals surface area contributed by atoms with E-state index in [4.69, 9.17) is 9.15 Å². The highest BCUT2D eigenvalue weighted by molar-refractivity contribution is 5.35. The first-order valence-electron chi connectivity index (χ1n) is 6.35. The molecule has 0 fully saturated rings. The average Bonchev–Trinajstić information content (AvgIpc) is 2.76. The van der Waals surface area contributed by atoms with Crippen LogP contribution in [0.4, 0.5) is 11.9 Å². The van der Waals surface area contributed by atoms with Gasteiger partial charge in [0.2, 0.25) is 17.8 Å². The molecule has 2 aromatic rings. The zero-order valence-electron chi connectivity index (χ0n) is 12.0. The second kappa shape index (κ2) is 6.18. The number of oxazole rings is 1. The van der Waals surface area contributed by atoms with Crippen molar-refractivity contribution in [1.29, 1.82) is 0 Å². The van der Waals surface area contributed by atoms with Crippen molar-refractivity contribution >= 4 is 11.9 Å². The minimum Gasteiger partial charge on any atom is -0.464 e. The lowest BCUT2D eigenvalue weighted by Crippen LogP contribution is -2.09. The van der Waals surface area contributed by atoms with Crippen LogP contribution in [0, 0.1) is 13.8 Å². The summed E-state index contributed by atoms with van der Waals surface area (Å²) in [6, 6.07) is 0.272. The fraction of sp³-hybridized carbons (Fsp3) is 0.500. The lowest BCUT2D eigenvalue weighted by Gasteiger charge is -2.07. The van der Waals surface area contributed by atoms with Crippen molar-refractivity contribution < 1.29 is 9.15 Å². The number of rotatable bonds is 6. The second-order valence-corrected chi connectivity index (χ2v) is 4.05. The Bertz CT molecular complexity index is 564. The molecule has 0 unspecified atom stereocenters. The molecule has 20 heavy (non-hydrogen) atoms. The molecule has 2 rings (SSSR count). The molecule has 0 spiro atoms. The molecule has 108 valence electrons. The Labute approximate surface area is 117 Å². The van der Waals surface area contributed by atoms with Gasteiger partial charge in [0.25, 0.3) is 0 Å². The molecular weight excluding hydrogens is 260 g/mol. The molecule has 0 amide bonds. The van der Waals surface area contributed by atoms with Crippen molar-refractivity contribution in [3.63, 3.8) is 0 Å². The van der Waals surface area contributed by atoms with Crippen LogP contribution < -0.4 is 15.4 Å². The SMILES string of the molecule is CCOc1nc(NC)nc(NCc2nc(C)c(C)o2)n1. The van der Waals surface area contributed by atoms with E-state index >= 15 is 0 Å². The predicted molar refractivity (Wildman–Crippen MR) is 73.8 cm³/mol. The normalized spacial score (nSPS) is 10.4. The average molecular weight is 278 g/mol. The minimum atomic E-state index is 0.272. The van der Waals surface area contributed by atoms with E-state index in [1.165, 1.54) is 0 Å². The Hall–Kier alpha value is -2.38. The van der Waals surface area contributed by atoms with Crippen molar-refractivity contribution in [2.75, 3.05) is 24.3 Å². The molecule has 0 aliphatic carbocycles. The molecule has 0 atom stereocenters. The lowest BCUT2D eigenvalue weighted by molar-refractivity contribution is 0.312. The highest BCUT2D eigenvalue weighted by Gasteiger charge is 2.09. The van der Waals surface area contributed by atoms with Gasteiger partial charge in [0.1, 0.15) is 5.76 Å². The van der Waals surface area contributed by atoms with E-state index in [1.54, 1.807) is 7.05 Å². The maximum absolute atomic E-state index is 5.48. The van der Waals surface area contributed by atoms with Crippen LogP contribution in [0.15, 0.2) is 4.42 Å². The number of ether oxygens (including phenoxy) is 1. The van der Waals surface area contributed by atoms with Crippen LogP contribution in [0.1, 0.15) is 24.3 Å². The third-order valence-electron chi connectivity index (χ3n) is 2.58. The van der Waals surface area contributed by atoms with E-state index in [0.29, 0.717) is 30.9 Å². The molecule has 8 nitrogen and oxygen atoms in total. The van der Waals surface area contributed by atoms with Gasteiger partial charge in [-0.25, -0.2) is 4.98 Å². The van der Waals surface area contributed by atoms with Gasteiger partial charge in [-0.15, -0.1) is 0 Å². The van der Waals surface area contributed by atoms with Crippen molar-refractivity contribution in [1.82, 2.24) is 19.9 Å². The molecular formula is C12H18N6O2. The lowest BCUT2D eigenvalue weighted by atomic mass is 10.4. The molecule has 2 N–H and O–H groups in total. The van der Waals surface area contributed by atoms with E-state index < -0.39 is 0 Å². The molecule has 2 aromatic heterocycles. The Morgan fingerprint density at radius 1 is 1.10 bits per heavy atom. The zero-order valence-corrected chi connectivity index (χ0v) is 12.0. The summed E-state index contributed by atoms with van der Waals surface area (Å²) in [5.74, 6) is 2.24. The summed E-state index contributed by atoms with van der Waals surface area (Å²) in [6.45, 7) is 6.53. The van der Waals surface area contributed by atoms with Gasteiger partial charge in [-0.2, -0.15) is 15.0 Å². The molecule has 0 saturated carbocycles. The molecule has 2 heterocycles. The summed E-state index contributed by atoms with van der Waals surface area (Å²) >= 11 is 0. The van der Waals surface area contributed by atoms with Crippen molar-refractivity contribution in [3.05, 3.63) is 17.3 Å². The maximum Gasteiger partial charge on any atom is 0.323 e. The highest BCUT2D eigenvalue weighted by atomic mass is 16.5. The third-order valence-corrected chi connectivity index (χ3v) is 2.58. The smallest absolute Gasteiger partial charge is 0.323 e. The van der Waals surface area contributed by atoms with E-state index in [1.807, 2.05) is 20.8 Å². The van der Waals surface area contributed by atoms with Crippen LogP contribution in [0.5, 0.6) is 6.01 Å². The van der Waals surface area contributed by atoms with Gasteiger partial charge in [0.15, 0.2) is 0 Å². The van der Waals surface area contributed by atoms with Gasteiger partial charge in [0, 0.05) is 7.05 Å². The van der Waals surface area contributed by atoms with Gasteiger partial charge in [-0.3, -0.25) is 0 Å². The van der Waals surface area contributed by atoms with Crippen LogP contribution >= 0.6 is 0 Å². The molecule has 0 bridgehead atoms. The third kappa shape index (κ3) is 3.34. The first-order valence-corrected chi connectivity index (χ1v) is 6.35. The summed E-state index contributed by atoms with van der Waals surface area (Å²) in [4.78, 5) is 16.7. The van der Waals surface area contributed by atoms with E-state index in [-0.39, 0.29) is 6.01 Å². The van der Waals surface area contributed by atoms with Crippen molar-refractivity contribution in [2.24, 2.45) is 0 Å². The monoisotopic (exact) mass is 278 g/mol. The second-order valence-electron chi connectivity index (χ2n) is 4.05. The van der Waals surface area contributed by atoms with Gasteiger partial charge in [-0.1, -0.05) is 0 Å². The number of nitrogens with one attached hydrogen (secondary N) is 2. The molecule has 0 saturated heterocycles. The van der Waals surface area contributed by atoms with E-state index in [0.717, 1.165) is 11.5 Å². The number of hydrogen-bond donors (Lipinski definition) is 2. The first kappa shape index (κ1) is 14.0. The van der Waals surface area contributed by atoms with Crippen LogP contribution in [0.25, 0.3) is 0 Å². The largest absolute Gasteiger partial charge is 0.464 e.